The Balaban J connectivity index is 2.15. The topological polar surface area (TPSA) is 41.1 Å². The number of rotatable bonds is 5. The summed E-state index contributed by atoms with van der Waals surface area (Å²) in [7, 11) is 0. The van der Waals surface area contributed by atoms with Crippen molar-refractivity contribution in [2.24, 2.45) is 0 Å². The summed E-state index contributed by atoms with van der Waals surface area (Å²) < 4.78 is 0.925. The van der Waals surface area contributed by atoms with Gasteiger partial charge in [-0.1, -0.05) is 36.2 Å². The molecule has 0 bridgehead atoms. The van der Waals surface area contributed by atoms with E-state index >= 15 is 0 Å². The summed E-state index contributed by atoms with van der Waals surface area (Å²) >= 11 is 13.5. The lowest BCUT2D eigenvalue weighted by Gasteiger charge is -2.04. The summed E-state index contributed by atoms with van der Waals surface area (Å²) in [4.78, 5) is 12.6. The number of nitrogens with one attached hydrogen (secondary N) is 2. The van der Waals surface area contributed by atoms with E-state index in [1.54, 1.807) is 6.07 Å². The van der Waals surface area contributed by atoms with Crippen molar-refractivity contribution in [1.29, 1.82) is 0 Å². The minimum atomic E-state index is -0.139. The van der Waals surface area contributed by atoms with Crippen LogP contribution in [0.2, 0.25) is 10.0 Å². The van der Waals surface area contributed by atoms with Gasteiger partial charge in [-0.15, -0.1) is 11.3 Å². The van der Waals surface area contributed by atoms with Crippen molar-refractivity contribution < 1.29 is 4.79 Å². The molecule has 1 aromatic carbocycles. The number of amides is 1. The Morgan fingerprint density at radius 2 is 2.11 bits per heavy atom. The van der Waals surface area contributed by atoms with Gasteiger partial charge in [0.15, 0.2) is 0 Å². The van der Waals surface area contributed by atoms with Crippen LogP contribution in [0.25, 0.3) is 10.1 Å². The molecule has 2 aromatic rings. The molecule has 0 spiro atoms. The summed E-state index contributed by atoms with van der Waals surface area (Å²) in [6.45, 7) is 4.24. The molecule has 1 heterocycles. The second kappa shape index (κ2) is 6.57. The number of benzene rings is 1. The second-order valence-electron chi connectivity index (χ2n) is 4.00. The maximum atomic E-state index is 12.0. The fourth-order valence-electron chi connectivity index (χ4n) is 1.71. The number of likely N-dealkylation sites (N-methyl/N-ethyl adjacent to an activating group) is 1. The first kappa shape index (κ1) is 14.6. The van der Waals surface area contributed by atoms with Crippen LogP contribution >= 0.6 is 34.5 Å². The van der Waals surface area contributed by atoms with Gasteiger partial charge in [-0.3, -0.25) is 4.79 Å². The first-order valence-corrected chi connectivity index (χ1v) is 7.57. The standard InChI is InChI=1S/C13H14Cl2N2OS/c1-2-16-5-6-17-13(18)12-11(15)9-4-3-8(14)7-10(9)19-12/h3-4,7,16H,2,5-6H2,1H3,(H,17,18). The third-order valence-electron chi connectivity index (χ3n) is 2.64. The summed E-state index contributed by atoms with van der Waals surface area (Å²) in [5.41, 5.74) is 0. The number of fused-ring (bicyclic) bond motifs is 1. The number of halogens is 2. The van der Waals surface area contributed by atoms with E-state index in [0.29, 0.717) is 21.5 Å². The van der Waals surface area contributed by atoms with E-state index in [4.69, 9.17) is 23.2 Å². The fourth-order valence-corrected chi connectivity index (χ4v) is 3.42. The Labute approximate surface area is 125 Å². The van der Waals surface area contributed by atoms with Gasteiger partial charge in [-0.05, 0) is 18.7 Å². The predicted molar refractivity (Wildman–Crippen MR) is 82.7 cm³/mol. The van der Waals surface area contributed by atoms with Crippen molar-refractivity contribution in [2.75, 3.05) is 19.6 Å². The molecule has 0 aliphatic carbocycles. The van der Waals surface area contributed by atoms with Crippen LogP contribution in [0.4, 0.5) is 0 Å². The zero-order chi connectivity index (χ0) is 13.8. The Morgan fingerprint density at radius 3 is 2.84 bits per heavy atom. The number of hydrogen-bond acceptors (Lipinski definition) is 3. The lowest BCUT2D eigenvalue weighted by Crippen LogP contribution is -2.31. The van der Waals surface area contributed by atoms with Crippen LogP contribution in [0.5, 0.6) is 0 Å². The van der Waals surface area contributed by atoms with E-state index in [2.05, 4.69) is 10.6 Å². The van der Waals surface area contributed by atoms with Crippen LogP contribution in [-0.2, 0) is 0 Å². The van der Waals surface area contributed by atoms with Crippen LogP contribution in [0.3, 0.4) is 0 Å². The predicted octanol–water partition coefficient (Wildman–Crippen LogP) is 3.55. The normalized spacial score (nSPS) is 10.9. The molecular weight excluding hydrogens is 303 g/mol. The summed E-state index contributed by atoms with van der Waals surface area (Å²) in [6, 6.07) is 5.43. The van der Waals surface area contributed by atoms with Gasteiger partial charge in [-0.2, -0.15) is 0 Å². The molecule has 3 nitrogen and oxygen atoms in total. The number of hydrogen-bond donors (Lipinski definition) is 2. The molecule has 0 saturated carbocycles. The average Bonchev–Trinajstić information content (AvgIpc) is 2.71. The number of carbonyl (C=O) groups excluding carboxylic acids is 1. The summed E-state index contributed by atoms with van der Waals surface area (Å²) in [5, 5.41) is 7.99. The monoisotopic (exact) mass is 316 g/mol. The molecule has 19 heavy (non-hydrogen) atoms. The Kier molecular flexibility index (Phi) is 5.05. The maximum Gasteiger partial charge on any atom is 0.262 e. The van der Waals surface area contributed by atoms with E-state index in [0.717, 1.165) is 23.2 Å². The number of carbonyl (C=O) groups is 1. The molecule has 1 amide bonds. The average molecular weight is 317 g/mol. The first-order valence-electron chi connectivity index (χ1n) is 6.00. The van der Waals surface area contributed by atoms with Gasteiger partial charge in [-0.25, -0.2) is 0 Å². The fraction of sp³-hybridized carbons (Fsp3) is 0.308. The largest absolute Gasteiger partial charge is 0.350 e. The van der Waals surface area contributed by atoms with Crippen LogP contribution in [0.1, 0.15) is 16.6 Å². The van der Waals surface area contributed by atoms with Crippen molar-refractivity contribution in [3.05, 3.63) is 33.1 Å². The molecular formula is C13H14Cl2N2OS. The molecule has 1 aromatic heterocycles. The van der Waals surface area contributed by atoms with Crippen LogP contribution in [0.15, 0.2) is 18.2 Å². The number of thiophene rings is 1. The summed E-state index contributed by atoms with van der Waals surface area (Å²) in [5.74, 6) is -0.139. The van der Waals surface area contributed by atoms with Crippen molar-refractivity contribution >= 4 is 50.5 Å². The quantitative estimate of drug-likeness (QED) is 0.828. The maximum absolute atomic E-state index is 12.0. The van der Waals surface area contributed by atoms with Gasteiger partial charge in [0.25, 0.3) is 5.91 Å². The lowest BCUT2D eigenvalue weighted by molar-refractivity contribution is 0.0958. The van der Waals surface area contributed by atoms with E-state index < -0.39 is 0 Å². The highest BCUT2D eigenvalue weighted by Crippen LogP contribution is 2.36. The second-order valence-corrected chi connectivity index (χ2v) is 5.86. The highest BCUT2D eigenvalue weighted by Gasteiger charge is 2.16. The van der Waals surface area contributed by atoms with Crippen molar-refractivity contribution in [3.8, 4) is 0 Å². The Morgan fingerprint density at radius 1 is 1.32 bits per heavy atom. The molecule has 2 rings (SSSR count). The smallest absolute Gasteiger partial charge is 0.262 e. The molecule has 0 fully saturated rings. The van der Waals surface area contributed by atoms with Crippen molar-refractivity contribution in [3.63, 3.8) is 0 Å². The molecule has 6 heteroatoms. The zero-order valence-electron chi connectivity index (χ0n) is 10.4. The van der Waals surface area contributed by atoms with E-state index in [1.807, 2.05) is 19.1 Å². The zero-order valence-corrected chi connectivity index (χ0v) is 12.8. The minimum Gasteiger partial charge on any atom is -0.350 e. The molecule has 0 aliphatic rings. The van der Waals surface area contributed by atoms with E-state index in [1.165, 1.54) is 11.3 Å². The Bertz CT molecular complexity index is 598. The SMILES string of the molecule is CCNCCNC(=O)c1sc2cc(Cl)ccc2c1Cl. The van der Waals surface area contributed by atoms with Crippen LogP contribution < -0.4 is 10.6 Å². The minimum absolute atomic E-state index is 0.139. The lowest BCUT2D eigenvalue weighted by atomic mass is 10.2. The van der Waals surface area contributed by atoms with E-state index in [9.17, 15) is 4.79 Å². The van der Waals surface area contributed by atoms with Crippen LogP contribution in [0, 0.1) is 0 Å². The van der Waals surface area contributed by atoms with Gasteiger partial charge >= 0.3 is 0 Å². The summed E-state index contributed by atoms with van der Waals surface area (Å²) in [6.07, 6.45) is 0. The molecule has 0 saturated heterocycles. The molecule has 0 aliphatic heterocycles. The molecule has 2 N–H and O–H groups in total. The third kappa shape index (κ3) is 3.39. The molecule has 0 unspecified atom stereocenters. The van der Waals surface area contributed by atoms with Gasteiger partial charge in [0, 0.05) is 28.2 Å². The van der Waals surface area contributed by atoms with Gasteiger partial charge in [0.2, 0.25) is 0 Å². The highest BCUT2D eigenvalue weighted by molar-refractivity contribution is 7.21. The Hall–Kier alpha value is -0.810. The van der Waals surface area contributed by atoms with Crippen molar-refractivity contribution in [1.82, 2.24) is 10.6 Å². The molecule has 102 valence electrons. The van der Waals surface area contributed by atoms with E-state index in [-0.39, 0.29) is 5.91 Å². The molecule has 0 radical (unpaired) electrons. The van der Waals surface area contributed by atoms with Crippen molar-refractivity contribution in [2.45, 2.75) is 6.92 Å². The highest BCUT2D eigenvalue weighted by atomic mass is 35.5. The molecule has 0 atom stereocenters. The van der Waals surface area contributed by atoms with Gasteiger partial charge < -0.3 is 10.6 Å². The third-order valence-corrected chi connectivity index (χ3v) is 4.53. The first-order chi connectivity index (χ1) is 9.13. The van der Waals surface area contributed by atoms with Gasteiger partial charge in [0.05, 0.1) is 5.02 Å². The van der Waals surface area contributed by atoms with Gasteiger partial charge in [0.1, 0.15) is 4.88 Å². The van der Waals surface area contributed by atoms with Crippen LogP contribution in [-0.4, -0.2) is 25.5 Å².